The first-order chi connectivity index (χ1) is 7.18. The van der Waals surface area contributed by atoms with E-state index in [2.05, 4.69) is 27.7 Å². The van der Waals surface area contributed by atoms with Crippen LogP contribution in [0.2, 0.25) is 0 Å². The van der Waals surface area contributed by atoms with Crippen molar-refractivity contribution in [3.8, 4) is 0 Å². The summed E-state index contributed by atoms with van der Waals surface area (Å²) < 4.78 is 0. The predicted molar refractivity (Wildman–Crippen MR) is 69.0 cm³/mol. The molecule has 1 aliphatic carbocycles. The zero-order valence-corrected chi connectivity index (χ0v) is 11.3. The lowest BCUT2D eigenvalue weighted by atomic mass is 9.69. The van der Waals surface area contributed by atoms with E-state index >= 15 is 0 Å². The molecule has 0 radical (unpaired) electrons. The van der Waals surface area contributed by atoms with E-state index in [1.807, 2.05) is 0 Å². The van der Waals surface area contributed by atoms with Gasteiger partial charge in [0, 0.05) is 0 Å². The fourth-order valence-electron chi connectivity index (χ4n) is 4.19. The van der Waals surface area contributed by atoms with Gasteiger partial charge in [-0.3, -0.25) is 0 Å². The Morgan fingerprint density at radius 1 is 1.00 bits per heavy atom. The summed E-state index contributed by atoms with van der Waals surface area (Å²) in [6, 6.07) is 0. The van der Waals surface area contributed by atoms with E-state index in [0.29, 0.717) is 0 Å². The Kier molecular flexibility index (Phi) is 5.15. The van der Waals surface area contributed by atoms with Crippen molar-refractivity contribution in [2.45, 2.75) is 79.1 Å². The molecule has 1 aliphatic rings. The van der Waals surface area contributed by atoms with Crippen LogP contribution in [0.1, 0.15) is 79.1 Å². The summed E-state index contributed by atoms with van der Waals surface area (Å²) in [6.45, 7) is 9.55. The van der Waals surface area contributed by atoms with Gasteiger partial charge in [-0.1, -0.05) is 53.4 Å². The van der Waals surface area contributed by atoms with Gasteiger partial charge in [0.15, 0.2) is 0 Å². The summed E-state index contributed by atoms with van der Waals surface area (Å²) in [7, 11) is 0. The summed E-state index contributed by atoms with van der Waals surface area (Å²) in [4.78, 5) is 0. The molecule has 1 rings (SSSR count). The molecule has 0 aromatic rings. The first-order valence-corrected chi connectivity index (χ1v) is 7.18. The smallest absolute Gasteiger partial charge is 0.0267 e. The zero-order valence-electron chi connectivity index (χ0n) is 11.3. The molecule has 2 atom stereocenters. The molecule has 0 saturated heterocycles. The molecule has 0 aromatic heterocycles. The van der Waals surface area contributed by atoms with Crippen LogP contribution >= 0.6 is 0 Å². The average molecular weight is 210 g/mol. The van der Waals surface area contributed by atoms with E-state index in [4.69, 9.17) is 0 Å². The molecule has 1 saturated carbocycles. The first kappa shape index (κ1) is 13.1. The van der Waals surface area contributed by atoms with E-state index < -0.39 is 0 Å². The summed E-state index contributed by atoms with van der Waals surface area (Å²) in [5.74, 6) is 2.03. The third-order valence-corrected chi connectivity index (χ3v) is 4.44. The maximum Gasteiger partial charge on any atom is -0.0267 e. The highest BCUT2D eigenvalue weighted by Gasteiger charge is 2.43. The van der Waals surface area contributed by atoms with Crippen molar-refractivity contribution < 1.29 is 0 Å². The van der Waals surface area contributed by atoms with Crippen LogP contribution in [0.4, 0.5) is 0 Å². The van der Waals surface area contributed by atoms with Gasteiger partial charge in [0.2, 0.25) is 0 Å². The highest BCUT2D eigenvalue weighted by molar-refractivity contribution is 4.93. The molecular weight excluding hydrogens is 180 g/mol. The van der Waals surface area contributed by atoms with Crippen LogP contribution in [0.25, 0.3) is 0 Å². The normalized spacial score (nSPS) is 29.6. The maximum atomic E-state index is 2.47. The van der Waals surface area contributed by atoms with Gasteiger partial charge >= 0.3 is 0 Å². The van der Waals surface area contributed by atoms with Crippen molar-refractivity contribution >= 4 is 0 Å². The van der Waals surface area contributed by atoms with Crippen LogP contribution in [-0.2, 0) is 0 Å². The second-order valence-electron chi connectivity index (χ2n) is 5.89. The summed E-state index contributed by atoms with van der Waals surface area (Å²) >= 11 is 0. The Morgan fingerprint density at radius 2 is 1.60 bits per heavy atom. The third-order valence-electron chi connectivity index (χ3n) is 4.44. The lowest BCUT2D eigenvalue weighted by Gasteiger charge is -2.36. The van der Waals surface area contributed by atoms with Crippen molar-refractivity contribution in [2.24, 2.45) is 17.3 Å². The maximum absolute atomic E-state index is 2.47. The van der Waals surface area contributed by atoms with Gasteiger partial charge in [0.05, 0.1) is 0 Å². The molecule has 90 valence electrons. The minimum absolute atomic E-state index is 0.735. The Hall–Kier alpha value is 0. The molecule has 2 unspecified atom stereocenters. The van der Waals surface area contributed by atoms with Crippen molar-refractivity contribution in [2.75, 3.05) is 0 Å². The molecule has 1 fully saturated rings. The molecule has 15 heavy (non-hydrogen) atoms. The standard InChI is InChI=1S/C15H30/c1-5-8-14-11-13(4)12-15(14,9-6-2)10-7-3/h13-14H,5-12H2,1-4H3. The fraction of sp³-hybridized carbons (Fsp3) is 1.00. The van der Waals surface area contributed by atoms with Crippen LogP contribution in [0.5, 0.6) is 0 Å². The minimum Gasteiger partial charge on any atom is -0.0654 e. The molecule has 0 bridgehead atoms. The van der Waals surface area contributed by atoms with E-state index in [0.717, 1.165) is 17.3 Å². The monoisotopic (exact) mass is 210 g/mol. The molecule has 0 amide bonds. The van der Waals surface area contributed by atoms with Gasteiger partial charge < -0.3 is 0 Å². The summed E-state index contributed by atoms with van der Waals surface area (Å²) in [5.41, 5.74) is 0.735. The van der Waals surface area contributed by atoms with E-state index in [9.17, 15) is 0 Å². The van der Waals surface area contributed by atoms with Crippen LogP contribution < -0.4 is 0 Å². The van der Waals surface area contributed by atoms with E-state index in [1.165, 1.54) is 51.4 Å². The Morgan fingerprint density at radius 3 is 2.07 bits per heavy atom. The molecular formula is C15H30. The number of hydrogen-bond donors (Lipinski definition) is 0. The van der Waals surface area contributed by atoms with E-state index in [1.54, 1.807) is 0 Å². The number of rotatable bonds is 6. The van der Waals surface area contributed by atoms with Crippen LogP contribution in [0, 0.1) is 17.3 Å². The average Bonchev–Trinajstić information content (AvgIpc) is 2.45. The third kappa shape index (κ3) is 2.98. The molecule has 0 spiro atoms. The van der Waals surface area contributed by atoms with Crippen molar-refractivity contribution in [3.05, 3.63) is 0 Å². The molecule has 0 nitrogen and oxygen atoms in total. The molecule has 0 aliphatic heterocycles. The van der Waals surface area contributed by atoms with Gasteiger partial charge in [0.25, 0.3) is 0 Å². The van der Waals surface area contributed by atoms with Gasteiger partial charge in [-0.15, -0.1) is 0 Å². The first-order valence-electron chi connectivity index (χ1n) is 7.18. The Labute approximate surface area is 96.8 Å². The van der Waals surface area contributed by atoms with Gasteiger partial charge in [-0.05, 0) is 42.9 Å². The second kappa shape index (κ2) is 5.92. The lowest BCUT2D eigenvalue weighted by molar-refractivity contribution is 0.149. The lowest BCUT2D eigenvalue weighted by Crippen LogP contribution is -2.25. The zero-order chi connectivity index (χ0) is 11.3. The van der Waals surface area contributed by atoms with Gasteiger partial charge in [0.1, 0.15) is 0 Å². The van der Waals surface area contributed by atoms with Crippen molar-refractivity contribution in [1.29, 1.82) is 0 Å². The molecule has 0 heterocycles. The Bertz CT molecular complexity index is 165. The topological polar surface area (TPSA) is 0 Å². The van der Waals surface area contributed by atoms with Gasteiger partial charge in [-0.2, -0.15) is 0 Å². The largest absolute Gasteiger partial charge is 0.0654 e. The van der Waals surface area contributed by atoms with Crippen molar-refractivity contribution in [1.82, 2.24) is 0 Å². The van der Waals surface area contributed by atoms with Crippen LogP contribution in [0.3, 0.4) is 0 Å². The Balaban J connectivity index is 2.71. The summed E-state index contributed by atoms with van der Waals surface area (Å²) in [5, 5.41) is 0. The van der Waals surface area contributed by atoms with Crippen molar-refractivity contribution in [3.63, 3.8) is 0 Å². The molecule has 0 heteroatoms. The highest BCUT2D eigenvalue weighted by Crippen LogP contribution is 2.54. The molecule has 0 N–H and O–H groups in total. The van der Waals surface area contributed by atoms with E-state index in [-0.39, 0.29) is 0 Å². The minimum atomic E-state index is 0.735. The van der Waals surface area contributed by atoms with Crippen LogP contribution in [-0.4, -0.2) is 0 Å². The van der Waals surface area contributed by atoms with Gasteiger partial charge in [-0.25, -0.2) is 0 Å². The number of hydrogen-bond acceptors (Lipinski definition) is 0. The highest BCUT2D eigenvalue weighted by atomic mass is 14.5. The summed E-state index contributed by atoms with van der Waals surface area (Å²) in [6.07, 6.45) is 11.6. The molecule has 0 aromatic carbocycles. The SMILES string of the molecule is CCCC1CC(C)CC1(CCC)CCC. The predicted octanol–water partition coefficient (Wildman–Crippen LogP) is 5.42. The van der Waals surface area contributed by atoms with Crippen LogP contribution in [0.15, 0.2) is 0 Å². The fourth-order valence-corrected chi connectivity index (χ4v) is 4.19. The second-order valence-corrected chi connectivity index (χ2v) is 5.89. The quantitative estimate of drug-likeness (QED) is 0.549.